The van der Waals surface area contributed by atoms with E-state index in [0.29, 0.717) is 37.5 Å². The number of amides is 2. The molecular weight excluding hydrogens is 442 g/mol. The topological polar surface area (TPSA) is 125 Å². The van der Waals surface area contributed by atoms with Crippen molar-refractivity contribution in [1.82, 2.24) is 15.1 Å². The molecule has 3 rings (SSSR count). The van der Waals surface area contributed by atoms with Crippen LogP contribution in [0.2, 0.25) is 0 Å². The van der Waals surface area contributed by atoms with Crippen LogP contribution in [-0.2, 0) is 23.9 Å². The highest BCUT2D eigenvalue weighted by Crippen LogP contribution is 2.52. The van der Waals surface area contributed by atoms with Crippen molar-refractivity contribution in [1.29, 1.82) is 0 Å². The highest BCUT2D eigenvalue weighted by Gasteiger charge is 2.49. The molecule has 0 aromatic carbocycles. The van der Waals surface area contributed by atoms with Gasteiger partial charge in [0.15, 0.2) is 0 Å². The van der Waals surface area contributed by atoms with Crippen molar-refractivity contribution in [2.75, 3.05) is 45.9 Å². The lowest BCUT2D eigenvalue weighted by molar-refractivity contribution is -0.148. The van der Waals surface area contributed by atoms with Crippen LogP contribution in [-0.4, -0.2) is 90.8 Å². The number of ether oxygens (including phenoxy) is 2. The summed E-state index contributed by atoms with van der Waals surface area (Å²) in [5.41, 5.74) is 0. The highest BCUT2D eigenvalue weighted by atomic mass is 16.5. The predicted octanol–water partition coefficient (Wildman–Crippen LogP) is 1.09. The first kappa shape index (κ1) is 25.8. The maximum Gasteiger partial charge on any atom is 0.407 e. The zero-order chi connectivity index (χ0) is 24.5. The third-order valence-electron chi connectivity index (χ3n) is 6.88. The van der Waals surface area contributed by atoms with Crippen molar-refractivity contribution in [3.8, 4) is 11.8 Å². The SMILES string of the molecule is CCC(=O)OCC1CN(C(=O)CCNC(=O)OC[C@@H]2[C@@H]3CCC#CCC[C@@H]32)CCN1CC(=O)O. The molecule has 2 aliphatic carbocycles. The van der Waals surface area contributed by atoms with Gasteiger partial charge in [0.25, 0.3) is 0 Å². The lowest BCUT2D eigenvalue weighted by Crippen LogP contribution is -2.57. The van der Waals surface area contributed by atoms with Gasteiger partial charge < -0.3 is 24.8 Å². The van der Waals surface area contributed by atoms with Crippen LogP contribution in [0, 0.1) is 29.6 Å². The fourth-order valence-electron chi connectivity index (χ4n) is 4.89. The Hall–Kier alpha value is -2.80. The summed E-state index contributed by atoms with van der Waals surface area (Å²) in [6.07, 6.45) is 3.80. The molecule has 0 spiro atoms. The second kappa shape index (κ2) is 12.6. The number of rotatable bonds is 10. The Morgan fingerprint density at radius 2 is 1.74 bits per heavy atom. The quantitative estimate of drug-likeness (QED) is 0.354. The van der Waals surface area contributed by atoms with Gasteiger partial charge in [0, 0.05) is 51.9 Å². The van der Waals surface area contributed by atoms with Crippen LogP contribution >= 0.6 is 0 Å². The fourth-order valence-corrected chi connectivity index (χ4v) is 4.89. The number of hydrogen-bond donors (Lipinski definition) is 2. The van der Waals surface area contributed by atoms with Crippen LogP contribution < -0.4 is 5.32 Å². The number of piperazine rings is 1. The summed E-state index contributed by atoms with van der Waals surface area (Å²) in [7, 11) is 0. The average Bonchev–Trinajstić information content (AvgIpc) is 3.45. The summed E-state index contributed by atoms with van der Waals surface area (Å²) in [6, 6.07) is -0.386. The minimum Gasteiger partial charge on any atom is -0.480 e. The van der Waals surface area contributed by atoms with E-state index in [4.69, 9.17) is 14.6 Å². The van der Waals surface area contributed by atoms with Gasteiger partial charge in [0.2, 0.25) is 5.91 Å². The Balaban J connectivity index is 1.36. The van der Waals surface area contributed by atoms with Crippen molar-refractivity contribution in [2.24, 2.45) is 17.8 Å². The lowest BCUT2D eigenvalue weighted by Gasteiger charge is -2.40. The number of fused-ring (bicyclic) bond motifs is 1. The van der Waals surface area contributed by atoms with Gasteiger partial charge in [-0.25, -0.2) is 4.79 Å². The van der Waals surface area contributed by atoms with Gasteiger partial charge >= 0.3 is 18.0 Å². The Morgan fingerprint density at radius 3 is 2.38 bits per heavy atom. The molecule has 1 heterocycles. The Labute approximate surface area is 200 Å². The molecule has 1 unspecified atom stereocenters. The van der Waals surface area contributed by atoms with E-state index in [1.807, 2.05) is 0 Å². The van der Waals surface area contributed by atoms with Gasteiger partial charge in [-0.1, -0.05) is 6.92 Å². The monoisotopic (exact) mass is 477 g/mol. The van der Waals surface area contributed by atoms with E-state index in [1.165, 1.54) is 0 Å². The number of nitrogens with one attached hydrogen (secondary N) is 1. The number of carboxylic acid groups (broad SMARTS) is 1. The van der Waals surface area contributed by atoms with Gasteiger partial charge in [0.1, 0.15) is 6.61 Å². The predicted molar refractivity (Wildman–Crippen MR) is 122 cm³/mol. The summed E-state index contributed by atoms with van der Waals surface area (Å²) in [4.78, 5) is 50.7. The van der Waals surface area contributed by atoms with Gasteiger partial charge in [0.05, 0.1) is 19.2 Å². The van der Waals surface area contributed by atoms with Crippen LogP contribution in [0.15, 0.2) is 0 Å². The first-order chi connectivity index (χ1) is 16.4. The van der Waals surface area contributed by atoms with Crippen LogP contribution in [0.1, 0.15) is 45.4 Å². The first-order valence-electron chi connectivity index (χ1n) is 12.1. The molecule has 3 aliphatic rings. The minimum absolute atomic E-state index is 0.0313. The number of carbonyl (C=O) groups is 4. The first-order valence-corrected chi connectivity index (χ1v) is 12.1. The number of carbonyl (C=O) groups excluding carboxylic acids is 3. The van der Waals surface area contributed by atoms with E-state index in [2.05, 4.69) is 17.2 Å². The molecule has 188 valence electrons. The third kappa shape index (κ3) is 7.62. The zero-order valence-corrected chi connectivity index (χ0v) is 19.8. The second-order valence-electron chi connectivity index (χ2n) is 9.09. The fraction of sp³-hybridized carbons (Fsp3) is 0.750. The van der Waals surface area contributed by atoms with Gasteiger partial charge in [-0.05, 0) is 30.6 Å². The number of nitrogens with zero attached hydrogens (tertiary/aromatic N) is 2. The molecule has 0 aromatic heterocycles. The summed E-state index contributed by atoms with van der Waals surface area (Å²) < 4.78 is 10.6. The van der Waals surface area contributed by atoms with Crippen molar-refractivity contribution in [3.05, 3.63) is 0 Å². The Bertz CT molecular complexity index is 803. The number of aliphatic carboxylic acids is 1. The average molecular weight is 478 g/mol. The molecule has 0 bridgehead atoms. The number of esters is 1. The largest absolute Gasteiger partial charge is 0.480 e. The molecule has 34 heavy (non-hydrogen) atoms. The molecule has 0 aromatic rings. The number of alkyl carbamates (subject to hydrolysis) is 1. The van der Waals surface area contributed by atoms with Crippen LogP contribution in [0.3, 0.4) is 0 Å². The van der Waals surface area contributed by atoms with E-state index < -0.39 is 12.1 Å². The zero-order valence-electron chi connectivity index (χ0n) is 19.8. The highest BCUT2D eigenvalue weighted by molar-refractivity contribution is 5.77. The van der Waals surface area contributed by atoms with Gasteiger partial charge in [-0.2, -0.15) is 0 Å². The normalized spacial score (nSPS) is 26.1. The third-order valence-corrected chi connectivity index (χ3v) is 6.88. The molecule has 1 saturated carbocycles. The Morgan fingerprint density at radius 1 is 1.03 bits per heavy atom. The maximum absolute atomic E-state index is 12.6. The van der Waals surface area contributed by atoms with E-state index in [-0.39, 0.29) is 57.0 Å². The molecule has 0 radical (unpaired) electrons. The summed E-state index contributed by atoms with van der Waals surface area (Å²) in [6.45, 7) is 3.11. The van der Waals surface area contributed by atoms with Crippen LogP contribution in [0.25, 0.3) is 0 Å². The van der Waals surface area contributed by atoms with Crippen LogP contribution in [0.4, 0.5) is 4.79 Å². The summed E-state index contributed by atoms with van der Waals surface area (Å²) in [5, 5.41) is 11.8. The molecular formula is C24H35N3O7. The van der Waals surface area contributed by atoms with E-state index in [9.17, 15) is 19.2 Å². The van der Waals surface area contributed by atoms with Gasteiger partial charge in [-0.15, -0.1) is 11.8 Å². The van der Waals surface area contributed by atoms with E-state index >= 15 is 0 Å². The van der Waals surface area contributed by atoms with Crippen molar-refractivity contribution in [3.63, 3.8) is 0 Å². The van der Waals surface area contributed by atoms with Crippen molar-refractivity contribution < 1.29 is 33.8 Å². The number of carboxylic acids is 1. The van der Waals surface area contributed by atoms with E-state index in [1.54, 1.807) is 16.7 Å². The molecule has 1 saturated heterocycles. The molecule has 10 nitrogen and oxygen atoms in total. The van der Waals surface area contributed by atoms with Gasteiger partial charge in [-0.3, -0.25) is 19.3 Å². The smallest absolute Gasteiger partial charge is 0.407 e. The Kier molecular flexibility index (Phi) is 9.57. The molecule has 2 N–H and O–H groups in total. The van der Waals surface area contributed by atoms with Crippen molar-refractivity contribution >= 4 is 23.9 Å². The van der Waals surface area contributed by atoms with Crippen LogP contribution in [0.5, 0.6) is 0 Å². The molecule has 2 fully saturated rings. The number of hydrogen-bond acceptors (Lipinski definition) is 7. The molecule has 2 amide bonds. The maximum atomic E-state index is 12.6. The standard InChI is InChI=1S/C24H35N3O7/c1-2-23(31)33-15-17-13-27(12-11-26(17)14-22(29)30)21(28)9-10-25-24(32)34-16-20-18-7-5-3-4-6-8-19(18)20/h17-20H,2,5-16H2,1H3,(H,25,32)(H,29,30)/t17?,18-,19+,20-. The van der Waals surface area contributed by atoms with E-state index in [0.717, 1.165) is 25.7 Å². The second-order valence-corrected chi connectivity index (χ2v) is 9.09. The summed E-state index contributed by atoms with van der Waals surface area (Å²) >= 11 is 0. The molecule has 4 atom stereocenters. The summed E-state index contributed by atoms with van der Waals surface area (Å²) in [5.74, 6) is 6.46. The molecule has 1 aliphatic heterocycles. The van der Waals surface area contributed by atoms with Crippen molar-refractivity contribution in [2.45, 2.75) is 51.5 Å². The minimum atomic E-state index is -0.973. The lowest BCUT2D eigenvalue weighted by atomic mass is 10.1. The molecule has 10 heteroatoms.